The van der Waals surface area contributed by atoms with Gasteiger partial charge in [-0.25, -0.2) is 0 Å². The smallest absolute Gasteiger partial charge is 0.107 e. The standard InChI is InChI=1S/C13H21NO2/c1-3-11-4-5-13(16-11)12-8-10(12)9-14-6-7-15-2/h4-5,10,12,14H,3,6-9H2,1-2H3. The largest absolute Gasteiger partial charge is 0.466 e. The van der Waals surface area contributed by atoms with Crippen molar-refractivity contribution in [3.8, 4) is 0 Å². The zero-order chi connectivity index (χ0) is 11.4. The molecule has 1 aliphatic carbocycles. The third-order valence-electron chi connectivity index (χ3n) is 3.21. The summed E-state index contributed by atoms with van der Waals surface area (Å²) in [6, 6.07) is 4.24. The zero-order valence-corrected chi connectivity index (χ0v) is 10.2. The number of aryl methyl sites for hydroxylation is 1. The van der Waals surface area contributed by atoms with E-state index in [-0.39, 0.29) is 0 Å². The number of methoxy groups -OCH3 is 1. The van der Waals surface area contributed by atoms with Crippen LogP contribution in [-0.4, -0.2) is 26.8 Å². The van der Waals surface area contributed by atoms with E-state index in [2.05, 4.69) is 24.4 Å². The van der Waals surface area contributed by atoms with E-state index < -0.39 is 0 Å². The summed E-state index contributed by atoms with van der Waals surface area (Å²) in [7, 11) is 1.73. The second kappa shape index (κ2) is 5.51. The van der Waals surface area contributed by atoms with E-state index in [1.165, 1.54) is 12.2 Å². The molecule has 3 heteroatoms. The number of nitrogens with one attached hydrogen (secondary N) is 1. The molecule has 1 N–H and O–H groups in total. The van der Waals surface area contributed by atoms with Gasteiger partial charge < -0.3 is 14.5 Å². The predicted molar refractivity (Wildman–Crippen MR) is 63.7 cm³/mol. The van der Waals surface area contributed by atoms with Crippen LogP contribution < -0.4 is 5.32 Å². The maximum atomic E-state index is 5.76. The number of ether oxygens (including phenoxy) is 1. The van der Waals surface area contributed by atoms with Gasteiger partial charge in [0.15, 0.2) is 0 Å². The number of rotatable bonds is 7. The topological polar surface area (TPSA) is 34.4 Å². The molecule has 0 saturated heterocycles. The van der Waals surface area contributed by atoms with Crippen LogP contribution in [0.1, 0.15) is 30.8 Å². The Bertz CT molecular complexity index is 321. The molecule has 1 heterocycles. The maximum Gasteiger partial charge on any atom is 0.107 e. The molecule has 16 heavy (non-hydrogen) atoms. The van der Waals surface area contributed by atoms with Gasteiger partial charge in [-0.2, -0.15) is 0 Å². The molecule has 2 unspecified atom stereocenters. The van der Waals surface area contributed by atoms with Gasteiger partial charge in [-0.3, -0.25) is 0 Å². The summed E-state index contributed by atoms with van der Waals surface area (Å²) < 4.78 is 10.8. The molecule has 1 aromatic heterocycles. The number of hydrogen-bond donors (Lipinski definition) is 1. The average Bonchev–Trinajstić information content (AvgIpc) is 2.91. The van der Waals surface area contributed by atoms with Crippen molar-refractivity contribution in [2.45, 2.75) is 25.7 Å². The van der Waals surface area contributed by atoms with Crippen LogP contribution >= 0.6 is 0 Å². The van der Waals surface area contributed by atoms with E-state index in [4.69, 9.17) is 9.15 Å². The lowest BCUT2D eigenvalue weighted by Crippen LogP contribution is -2.21. The molecule has 2 atom stereocenters. The first kappa shape index (κ1) is 11.7. The van der Waals surface area contributed by atoms with Gasteiger partial charge in [0.05, 0.1) is 6.61 Å². The van der Waals surface area contributed by atoms with Crippen LogP contribution in [-0.2, 0) is 11.2 Å². The first-order valence-electron chi connectivity index (χ1n) is 6.13. The van der Waals surface area contributed by atoms with Crippen molar-refractivity contribution < 1.29 is 9.15 Å². The summed E-state index contributed by atoms with van der Waals surface area (Å²) in [4.78, 5) is 0. The highest BCUT2D eigenvalue weighted by Crippen LogP contribution is 2.47. The van der Waals surface area contributed by atoms with Crippen molar-refractivity contribution in [1.29, 1.82) is 0 Å². The Hall–Kier alpha value is -0.800. The Kier molecular flexibility index (Phi) is 4.02. The van der Waals surface area contributed by atoms with E-state index in [0.29, 0.717) is 5.92 Å². The molecule has 0 radical (unpaired) electrons. The molecule has 0 aromatic carbocycles. The Morgan fingerprint density at radius 1 is 1.50 bits per heavy atom. The average molecular weight is 223 g/mol. The molecule has 1 aliphatic rings. The van der Waals surface area contributed by atoms with Crippen molar-refractivity contribution in [3.05, 3.63) is 23.7 Å². The van der Waals surface area contributed by atoms with Crippen molar-refractivity contribution in [1.82, 2.24) is 5.32 Å². The van der Waals surface area contributed by atoms with Crippen molar-refractivity contribution >= 4 is 0 Å². The molecule has 0 bridgehead atoms. The van der Waals surface area contributed by atoms with Gasteiger partial charge in [-0.1, -0.05) is 6.92 Å². The fraction of sp³-hybridized carbons (Fsp3) is 0.692. The van der Waals surface area contributed by atoms with E-state index in [0.717, 1.165) is 37.8 Å². The minimum absolute atomic E-state index is 0.648. The van der Waals surface area contributed by atoms with Crippen molar-refractivity contribution in [3.63, 3.8) is 0 Å². The fourth-order valence-corrected chi connectivity index (χ4v) is 2.07. The lowest BCUT2D eigenvalue weighted by atomic mass is 10.2. The molecule has 0 amide bonds. The predicted octanol–water partition coefficient (Wildman–Crippen LogP) is 2.18. The summed E-state index contributed by atoms with van der Waals surface area (Å²) in [5, 5.41) is 3.40. The first-order chi connectivity index (χ1) is 7.85. The Balaban J connectivity index is 1.70. The molecule has 3 nitrogen and oxygen atoms in total. The van der Waals surface area contributed by atoms with Crippen LogP contribution in [0, 0.1) is 5.92 Å². The first-order valence-corrected chi connectivity index (χ1v) is 6.13. The van der Waals surface area contributed by atoms with Gasteiger partial charge in [0.2, 0.25) is 0 Å². The van der Waals surface area contributed by atoms with Crippen molar-refractivity contribution in [2.24, 2.45) is 5.92 Å². The molecule has 0 aliphatic heterocycles. The van der Waals surface area contributed by atoms with E-state index in [1.807, 2.05) is 0 Å². The van der Waals surface area contributed by atoms with E-state index in [1.54, 1.807) is 7.11 Å². The minimum Gasteiger partial charge on any atom is -0.466 e. The highest BCUT2D eigenvalue weighted by molar-refractivity contribution is 5.18. The lowest BCUT2D eigenvalue weighted by molar-refractivity contribution is 0.199. The van der Waals surface area contributed by atoms with Crippen LogP contribution in [0.25, 0.3) is 0 Å². The van der Waals surface area contributed by atoms with E-state index in [9.17, 15) is 0 Å². The Labute approximate surface area is 97.2 Å². The van der Waals surface area contributed by atoms with Crippen LogP contribution in [0.5, 0.6) is 0 Å². The quantitative estimate of drug-likeness (QED) is 0.719. The number of hydrogen-bond acceptors (Lipinski definition) is 3. The summed E-state index contributed by atoms with van der Waals surface area (Å²) in [5.41, 5.74) is 0. The molecular formula is C13H21NO2. The monoisotopic (exact) mass is 223 g/mol. The second-order valence-electron chi connectivity index (χ2n) is 4.46. The third kappa shape index (κ3) is 2.86. The third-order valence-corrected chi connectivity index (χ3v) is 3.21. The Morgan fingerprint density at radius 3 is 3.06 bits per heavy atom. The summed E-state index contributed by atoms with van der Waals surface area (Å²) in [5.74, 6) is 3.69. The SMILES string of the molecule is CCc1ccc(C2CC2CNCCOC)o1. The van der Waals surface area contributed by atoms with Gasteiger partial charge in [0, 0.05) is 26.0 Å². The van der Waals surface area contributed by atoms with Crippen LogP contribution in [0.2, 0.25) is 0 Å². The fourth-order valence-electron chi connectivity index (χ4n) is 2.07. The molecule has 1 aromatic rings. The normalized spacial score (nSPS) is 23.6. The highest BCUT2D eigenvalue weighted by atomic mass is 16.5. The van der Waals surface area contributed by atoms with Gasteiger partial charge in [-0.15, -0.1) is 0 Å². The molecule has 1 saturated carbocycles. The van der Waals surface area contributed by atoms with Crippen LogP contribution in [0.15, 0.2) is 16.5 Å². The van der Waals surface area contributed by atoms with Gasteiger partial charge in [0.1, 0.15) is 11.5 Å². The lowest BCUT2D eigenvalue weighted by Gasteiger charge is -2.02. The maximum absolute atomic E-state index is 5.76. The van der Waals surface area contributed by atoms with Crippen LogP contribution in [0.4, 0.5) is 0 Å². The molecular weight excluding hydrogens is 202 g/mol. The van der Waals surface area contributed by atoms with Crippen molar-refractivity contribution in [2.75, 3.05) is 26.8 Å². The highest BCUT2D eigenvalue weighted by Gasteiger charge is 2.39. The summed E-state index contributed by atoms with van der Waals surface area (Å²) in [6.45, 7) is 4.94. The van der Waals surface area contributed by atoms with Gasteiger partial charge >= 0.3 is 0 Å². The van der Waals surface area contributed by atoms with Gasteiger partial charge in [-0.05, 0) is 31.0 Å². The second-order valence-corrected chi connectivity index (χ2v) is 4.46. The molecule has 0 spiro atoms. The van der Waals surface area contributed by atoms with E-state index >= 15 is 0 Å². The zero-order valence-electron chi connectivity index (χ0n) is 10.2. The molecule has 2 rings (SSSR count). The summed E-state index contributed by atoms with van der Waals surface area (Å²) in [6.07, 6.45) is 2.25. The molecule has 1 fully saturated rings. The van der Waals surface area contributed by atoms with Gasteiger partial charge in [0.25, 0.3) is 0 Å². The van der Waals surface area contributed by atoms with Crippen LogP contribution in [0.3, 0.4) is 0 Å². The summed E-state index contributed by atoms with van der Waals surface area (Å²) >= 11 is 0. The number of furan rings is 1. The molecule has 90 valence electrons. The Morgan fingerprint density at radius 2 is 2.38 bits per heavy atom. The minimum atomic E-state index is 0.648.